The van der Waals surface area contributed by atoms with Gasteiger partial charge in [0.25, 0.3) is 0 Å². The molecule has 16 heavy (non-hydrogen) atoms. The quantitative estimate of drug-likeness (QED) is 0.813. The van der Waals surface area contributed by atoms with Crippen molar-refractivity contribution in [2.45, 2.75) is 13.3 Å². The number of carbonyl (C=O) groups excluding carboxylic acids is 1. The van der Waals surface area contributed by atoms with Gasteiger partial charge >= 0.3 is 5.97 Å². The van der Waals surface area contributed by atoms with E-state index in [9.17, 15) is 4.79 Å². The van der Waals surface area contributed by atoms with E-state index in [0.29, 0.717) is 12.3 Å². The predicted molar refractivity (Wildman–Crippen MR) is 63.5 cm³/mol. The van der Waals surface area contributed by atoms with Crippen LogP contribution in [0.1, 0.15) is 23.8 Å². The van der Waals surface area contributed by atoms with Gasteiger partial charge in [-0.3, -0.25) is 4.40 Å². The molecule has 2 aromatic rings. The van der Waals surface area contributed by atoms with Crippen LogP contribution in [0.4, 0.5) is 0 Å². The zero-order valence-electron chi connectivity index (χ0n) is 8.81. The Morgan fingerprint density at radius 2 is 2.38 bits per heavy atom. The summed E-state index contributed by atoms with van der Waals surface area (Å²) in [5.74, 6) is -0.340. The number of fused-ring (bicyclic) bond motifs is 1. The molecule has 0 fully saturated rings. The number of esters is 1. The topological polar surface area (TPSA) is 43.6 Å². The van der Waals surface area contributed by atoms with Gasteiger partial charge in [0.2, 0.25) is 0 Å². The molecular weight excluding hydrogens is 272 g/mol. The molecule has 0 spiro atoms. The number of carbonyl (C=O) groups is 1. The molecule has 84 valence electrons. The lowest BCUT2D eigenvalue weighted by Crippen LogP contribution is -2.08. The normalized spacial score (nSPS) is 10.6. The molecule has 0 aliphatic heterocycles. The third kappa shape index (κ3) is 2.09. The van der Waals surface area contributed by atoms with Crippen molar-refractivity contribution in [3.63, 3.8) is 0 Å². The van der Waals surface area contributed by atoms with E-state index in [1.165, 1.54) is 6.20 Å². The van der Waals surface area contributed by atoms with Gasteiger partial charge in [0, 0.05) is 10.7 Å². The van der Waals surface area contributed by atoms with Crippen LogP contribution in [0.15, 0.2) is 29.0 Å². The first kappa shape index (κ1) is 11.1. The number of rotatable bonds is 3. The van der Waals surface area contributed by atoms with E-state index >= 15 is 0 Å². The molecule has 2 heterocycles. The van der Waals surface area contributed by atoms with E-state index in [1.807, 2.05) is 19.1 Å². The molecule has 0 aromatic carbocycles. The Kier molecular flexibility index (Phi) is 3.24. The van der Waals surface area contributed by atoms with Crippen LogP contribution in [0.3, 0.4) is 0 Å². The molecule has 4 nitrogen and oxygen atoms in total. The van der Waals surface area contributed by atoms with Crippen molar-refractivity contribution in [2.75, 3.05) is 6.61 Å². The maximum atomic E-state index is 11.7. The van der Waals surface area contributed by atoms with Crippen LogP contribution in [0, 0.1) is 0 Å². The van der Waals surface area contributed by atoms with E-state index in [0.717, 1.165) is 16.5 Å². The molecule has 2 rings (SSSR count). The van der Waals surface area contributed by atoms with Crippen molar-refractivity contribution < 1.29 is 9.53 Å². The predicted octanol–water partition coefficient (Wildman–Crippen LogP) is 2.66. The van der Waals surface area contributed by atoms with Crippen LogP contribution in [0.5, 0.6) is 0 Å². The first-order chi connectivity index (χ1) is 7.72. The van der Waals surface area contributed by atoms with Crippen LogP contribution in [-0.4, -0.2) is 22.0 Å². The van der Waals surface area contributed by atoms with Crippen molar-refractivity contribution in [3.05, 3.63) is 34.7 Å². The first-order valence-electron chi connectivity index (χ1n) is 5.02. The Labute approximate surface area is 101 Å². The minimum absolute atomic E-state index is 0.340. The highest BCUT2D eigenvalue weighted by molar-refractivity contribution is 9.10. The monoisotopic (exact) mass is 282 g/mol. The molecule has 5 heteroatoms. The number of hydrogen-bond acceptors (Lipinski definition) is 3. The summed E-state index contributed by atoms with van der Waals surface area (Å²) in [6, 6.07) is 3.71. The van der Waals surface area contributed by atoms with Crippen LogP contribution >= 0.6 is 15.9 Å². The summed E-state index contributed by atoms with van der Waals surface area (Å²) in [5, 5.41) is 0. The fourth-order valence-corrected chi connectivity index (χ4v) is 1.71. The van der Waals surface area contributed by atoms with Gasteiger partial charge in [-0.2, -0.15) is 0 Å². The van der Waals surface area contributed by atoms with Crippen molar-refractivity contribution in [3.8, 4) is 0 Å². The van der Waals surface area contributed by atoms with E-state index < -0.39 is 0 Å². The zero-order valence-corrected chi connectivity index (χ0v) is 10.4. The molecule has 0 bridgehead atoms. The van der Waals surface area contributed by atoms with Gasteiger partial charge < -0.3 is 4.74 Å². The van der Waals surface area contributed by atoms with Gasteiger partial charge in [-0.05, 0) is 34.5 Å². The molecule has 0 saturated heterocycles. The number of pyridine rings is 1. The van der Waals surface area contributed by atoms with Gasteiger partial charge in [0.1, 0.15) is 5.65 Å². The highest BCUT2D eigenvalue weighted by Crippen LogP contribution is 2.14. The molecule has 0 saturated carbocycles. The SMILES string of the molecule is CCCOC(=O)c1cnc2ccc(Br)cn12. The molecular formula is C11H11BrN2O2. The second-order valence-corrected chi connectivity index (χ2v) is 4.27. The van der Waals surface area contributed by atoms with Crippen molar-refractivity contribution >= 4 is 27.5 Å². The van der Waals surface area contributed by atoms with Gasteiger partial charge in [0.05, 0.1) is 12.8 Å². The molecule has 0 amide bonds. The van der Waals surface area contributed by atoms with E-state index in [2.05, 4.69) is 20.9 Å². The Hall–Kier alpha value is -1.36. The van der Waals surface area contributed by atoms with Crippen LogP contribution < -0.4 is 0 Å². The highest BCUT2D eigenvalue weighted by Gasteiger charge is 2.12. The third-order valence-electron chi connectivity index (χ3n) is 2.12. The summed E-state index contributed by atoms with van der Waals surface area (Å²) in [6.07, 6.45) is 4.14. The molecule has 0 unspecified atom stereocenters. The minimum Gasteiger partial charge on any atom is -0.461 e. The smallest absolute Gasteiger partial charge is 0.356 e. The number of halogens is 1. The largest absolute Gasteiger partial charge is 0.461 e. The Bertz CT molecular complexity index is 522. The maximum absolute atomic E-state index is 11.7. The van der Waals surface area contributed by atoms with E-state index in [1.54, 1.807) is 10.6 Å². The molecule has 0 N–H and O–H groups in total. The van der Waals surface area contributed by atoms with Crippen LogP contribution in [-0.2, 0) is 4.74 Å². The number of aromatic nitrogens is 2. The highest BCUT2D eigenvalue weighted by atomic mass is 79.9. The van der Waals surface area contributed by atoms with Gasteiger partial charge in [0.15, 0.2) is 5.69 Å². The lowest BCUT2D eigenvalue weighted by Gasteiger charge is -2.02. The van der Waals surface area contributed by atoms with Crippen LogP contribution in [0.2, 0.25) is 0 Å². The van der Waals surface area contributed by atoms with Gasteiger partial charge in [-0.1, -0.05) is 6.92 Å². The average Bonchev–Trinajstić information content (AvgIpc) is 2.68. The summed E-state index contributed by atoms with van der Waals surface area (Å²) in [6.45, 7) is 2.39. The molecule has 0 atom stereocenters. The average molecular weight is 283 g/mol. The summed E-state index contributed by atoms with van der Waals surface area (Å²) in [7, 11) is 0. The van der Waals surface area contributed by atoms with Gasteiger partial charge in [-0.25, -0.2) is 9.78 Å². The fourth-order valence-electron chi connectivity index (χ4n) is 1.37. The lowest BCUT2D eigenvalue weighted by atomic mass is 10.4. The summed E-state index contributed by atoms with van der Waals surface area (Å²) < 4.78 is 7.67. The second kappa shape index (κ2) is 4.65. The molecule has 0 radical (unpaired) electrons. The number of hydrogen-bond donors (Lipinski definition) is 0. The van der Waals surface area contributed by atoms with E-state index in [4.69, 9.17) is 4.74 Å². The molecule has 0 aliphatic rings. The zero-order chi connectivity index (χ0) is 11.5. The maximum Gasteiger partial charge on any atom is 0.356 e. The van der Waals surface area contributed by atoms with Gasteiger partial charge in [-0.15, -0.1) is 0 Å². The fraction of sp³-hybridized carbons (Fsp3) is 0.273. The van der Waals surface area contributed by atoms with E-state index in [-0.39, 0.29) is 5.97 Å². The number of imidazole rings is 1. The van der Waals surface area contributed by atoms with Crippen molar-refractivity contribution in [1.82, 2.24) is 9.38 Å². The Morgan fingerprint density at radius 3 is 3.12 bits per heavy atom. The first-order valence-corrected chi connectivity index (χ1v) is 5.81. The Balaban J connectivity index is 2.37. The standard InChI is InChI=1S/C11H11BrN2O2/c1-2-5-16-11(15)9-6-13-10-4-3-8(12)7-14(9)10/h3-4,6-7H,2,5H2,1H3. The summed E-state index contributed by atoms with van der Waals surface area (Å²) >= 11 is 3.35. The van der Waals surface area contributed by atoms with Crippen molar-refractivity contribution in [1.29, 1.82) is 0 Å². The number of ether oxygens (including phenoxy) is 1. The lowest BCUT2D eigenvalue weighted by molar-refractivity contribution is 0.0497. The Morgan fingerprint density at radius 1 is 1.56 bits per heavy atom. The minimum atomic E-state index is -0.340. The summed E-state index contributed by atoms with van der Waals surface area (Å²) in [4.78, 5) is 15.8. The second-order valence-electron chi connectivity index (χ2n) is 3.35. The number of nitrogens with zero attached hydrogens (tertiary/aromatic N) is 2. The molecule has 2 aromatic heterocycles. The van der Waals surface area contributed by atoms with Crippen molar-refractivity contribution in [2.24, 2.45) is 0 Å². The van der Waals surface area contributed by atoms with Crippen LogP contribution in [0.25, 0.3) is 5.65 Å². The third-order valence-corrected chi connectivity index (χ3v) is 2.59. The molecule has 0 aliphatic carbocycles. The summed E-state index contributed by atoms with van der Waals surface area (Å²) in [5.41, 5.74) is 1.18.